The van der Waals surface area contributed by atoms with Gasteiger partial charge < -0.3 is 5.32 Å². The van der Waals surface area contributed by atoms with E-state index in [1.54, 1.807) is 19.1 Å². The Morgan fingerprint density at radius 3 is 2.76 bits per heavy atom. The molecule has 1 amide bonds. The molecule has 0 radical (unpaired) electrons. The minimum atomic E-state index is -0.692. The van der Waals surface area contributed by atoms with Crippen LogP contribution in [0.1, 0.15) is 22.8 Å². The molecule has 0 aliphatic rings. The zero-order valence-electron chi connectivity index (χ0n) is 9.43. The summed E-state index contributed by atoms with van der Waals surface area (Å²) in [6.07, 6.45) is 0. The Hall–Kier alpha value is -2.42. The van der Waals surface area contributed by atoms with Crippen molar-refractivity contribution in [3.05, 3.63) is 39.4 Å². The molecule has 0 aliphatic heterocycles. The van der Waals surface area contributed by atoms with Crippen molar-refractivity contribution in [2.24, 2.45) is 0 Å². The van der Waals surface area contributed by atoms with Gasteiger partial charge in [-0.1, -0.05) is 12.1 Å². The van der Waals surface area contributed by atoms with Gasteiger partial charge in [-0.3, -0.25) is 14.9 Å². The van der Waals surface area contributed by atoms with Gasteiger partial charge in [0, 0.05) is 5.56 Å². The molecule has 0 saturated carbocycles. The van der Waals surface area contributed by atoms with Crippen LogP contribution in [0.4, 0.5) is 5.69 Å². The number of nitrogens with one attached hydrogen (secondary N) is 1. The van der Waals surface area contributed by atoms with Crippen LogP contribution in [0, 0.1) is 28.4 Å². The largest absolute Gasteiger partial charge is 0.336 e. The van der Waals surface area contributed by atoms with Gasteiger partial charge in [-0.15, -0.1) is 0 Å². The maximum absolute atomic E-state index is 11.7. The van der Waals surface area contributed by atoms with Crippen LogP contribution < -0.4 is 5.32 Å². The van der Waals surface area contributed by atoms with E-state index in [-0.39, 0.29) is 11.3 Å². The number of carbonyl (C=O) groups excluding carboxylic acids is 1. The van der Waals surface area contributed by atoms with Crippen molar-refractivity contribution in [2.75, 3.05) is 0 Å². The molecule has 1 N–H and O–H groups in total. The Morgan fingerprint density at radius 2 is 2.24 bits per heavy atom. The number of nitro benzene ring substituents is 1. The SMILES string of the molecule is Cc1cccc(C(=O)NC(C)C#N)c1[N+](=O)[O-]. The van der Waals surface area contributed by atoms with Gasteiger partial charge in [-0.2, -0.15) is 5.26 Å². The average Bonchev–Trinajstić information content (AvgIpc) is 2.27. The molecule has 88 valence electrons. The number of nitrogens with zero attached hydrogens (tertiary/aromatic N) is 2. The Labute approximate surface area is 98.0 Å². The van der Waals surface area contributed by atoms with Crippen molar-refractivity contribution in [2.45, 2.75) is 19.9 Å². The van der Waals surface area contributed by atoms with E-state index in [9.17, 15) is 14.9 Å². The highest BCUT2D eigenvalue weighted by molar-refractivity contribution is 5.98. The van der Waals surface area contributed by atoms with Crippen LogP contribution in [0.15, 0.2) is 18.2 Å². The molecule has 0 aliphatic carbocycles. The van der Waals surface area contributed by atoms with Gasteiger partial charge in [0.1, 0.15) is 11.6 Å². The molecule has 0 fully saturated rings. The lowest BCUT2D eigenvalue weighted by Crippen LogP contribution is -2.31. The Kier molecular flexibility index (Phi) is 3.78. The Morgan fingerprint density at radius 1 is 1.59 bits per heavy atom. The zero-order chi connectivity index (χ0) is 13.0. The third-order valence-corrected chi connectivity index (χ3v) is 2.21. The van der Waals surface area contributed by atoms with E-state index in [1.165, 1.54) is 13.0 Å². The second-order valence-corrected chi connectivity index (χ2v) is 3.55. The van der Waals surface area contributed by atoms with E-state index in [0.717, 1.165) is 0 Å². The van der Waals surface area contributed by atoms with Crippen LogP contribution in [0.5, 0.6) is 0 Å². The molecule has 0 aromatic heterocycles. The third kappa shape index (κ3) is 2.78. The molecule has 1 atom stereocenters. The monoisotopic (exact) mass is 233 g/mol. The highest BCUT2D eigenvalue weighted by Gasteiger charge is 2.22. The zero-order valence-corrected chi connectivity index (χ0v) is 9.43. The number of nitriles is 1. The first-order chi connectivity index (χ1) is 7.97. The molecule has 1 unspecified atom stereocenters. The maximum Gasteiger partial charge on any atom is 0.285 e. The lowest BCUT2D eigenvalue weighted by molar-refractivity contribution is -0.385. The van der Waals surface area contributed by atoms with E-state index in [4.69, 9.17) is 5.26 Å². The second-order valence-electron chi connectivity index (χ2n) is 3.55. The molecule has 17 heavy (non-hydrogen) atoms. The van der Waals surface area contributed by atoms with E-state index >= 15 is 0 Å². The summed E-state index contributed by atoms with van der Waals surface area (Å²) in [6.45, 7) is 3.06. The van der Waals surface area contributed by atoms with Crippen molar-refractivity contribution in [3.8, 4) is 6.07 Å². The molecule has 1 rings (SSSR count). The number of benzene rings is 1. The summed E-state index contributed by atoms with van der Waals surface area (Å²) < 4.78 is 0. The van der Waals surface area contributed by atoms with Crippen molar-refractivity contribution in [1.82, 2.24) is 5.32 Å². The number of carbonyl (C=O) groups is 1. The molecule has 0 heterocycles. The molecule has 1 aromatic carbocycles. The van der Waals surface area contributed by atoms with Crippen LogP contribution in [-0.4, -0.2) is 16.9 Å². The summed E-state index contributed by atoms with van der Waals surface area (Å²) in [5, 5.41) is 21.8. The average molecular weight is 233 g/mol. The summed E-state index contributed by atoms with van der Waals surface area (Å²) in [4.78, 5) is 22.0. The van der Waals surface area contributed by atoms with Gasteiger partial charge in [0.25, 0.3) is 11.6 Å². The number of hydrogen-bond acceptors (Lipinski definition) is 4. The van der Waals surface area contributed by atoms with Crippen LogP contribution >= 0.6 is 0 Å². The number of amides is 1. The number of rotatable bonds is 3. The molecular formula is C11H11N3O3. The molecule has 0 spiro atoms. The fourth-order valence-corrected chi connectivity index (χ4v) is 1.39. The molecule has 0 saturated heterocycles. The van der Waals surface area contributed by atoms with Crippen molar-refractivity contribution < 1.29 is 9.72 Å². The molecule has 6 nitrogen and oxygen atoms in total. The topological polar surface area (TPSA) is 96.0 Å². The molecule has 1 aromatic rings. The number of aryl methyl sites for hydroxylation is 1. The first kappa shape index (κ1) is 12.6. The molecule has 0 bridgehead atoms. The minimum Gasteiger partial charge on any atom is -0.336 e. The number of para-hydroxylation sites is 1. The quantitative estimate of drug-likeness (QED) is 0.632. The summed E-state index contributed by atoms with van der Waals surface area (Å²) >= 11 is 0. The van der Waals surface area contributed by atoms with E-state index in [0.29, 0.717) is 5.56 Å². The number of hydrogen-bond donors (Lipinski definition) is 1. The minimum absolute atomic E-state index is 0.0305. The van der Waals surface area contributed by atoms with Gasteiger partial charge in [0.2, 0.25) is 0 Å². The summed E-state index contributed by atoms with van der Waals surface area (Å²) in [7, 11) is 0. The summed E-state index contributed by atoms with van der Waals surface area (Å²) in [5.41, 5.74) is 0.152. The predicted molar refractivity (Wildman–Crippen MR) is 60.4 cm³/mol. The molecular weight excluding hydrogens is 222 g/mol. The van der Waals surface area contributed by atoms with E-state index in [2.05, 4.69) is 5.32 Å². The highest BCUT2D eigenvalue weighted by Crippen LogP contribution is 2.22. The van der Waals surface area contributed by atoms with Crippen LogP contribution in [-0.2, 0) is 0 Å². The van der Waals surface area contributed by atoms with Crippen molar-refractivity contribution in [3.63, 3.8) is 0 Å². The summed E-state index contributed by atoms with van der Waals surface area (Å²) in [6, 6.07) is 5.62. The van der Waals surface area contributed by atoms with Gasteiger partial charge in [-0.25, -0.2) is 0 Å². The lowest BCUT2D eigenvalue weighted by Gasteiger charge is -2.07. The standard InChI is InChI=1S/C11H11N3O3/c1-7-4-3-5-9(10(7)14(16)17)11(15)13-8(2)6-12/h3-5,8H,1-2H3,(H,13,15). The highest BCUT2D eigenvalue weighted by atomic mass is 16.6. The lowest BCUT2D eigenvalue weighted by atomic mass is 10.1. The molecule has 6 heteroatoms. The van der Waals surface area contributed by atoms with E-state index in [1.807, 2.05) is 6.07 Å². The first-order valence-electron chi connectivity index (χ1n) is 4.92. The van der Waals surface area contributed by atoms with Gasteiger partial charge >= 0.3 is 0 Å². The van der Waals surface area contributed by atoms with Gasteiger partial charge in [0.05, 0.1) is 11.0 Å². The van der Waals surface area contributed by atoms with Crippen molar-refractivity contribution >= 4 is 11.6 Å². The van der Waals surface area contributed by atoms with E-state index < -0.39 is 16.9 Å². The van der Waals surface area contributed by atoms with Crippen LogP contribution in [0.2, 0.25) is 0 Å². The Bertz CT molecular complexity index is 505. The maximum atomic E-state index is 11.7. The van der Waals surface area contributed by atoms with Crippen molar-refractivity contribution in [1.29, 1.82) is 5.26 Å². The second kappa shape index (κ2) is 5.07. The fourth-order valence-electron chi connectivity index (χ4n) is 1.39. The smallest absolute Gasteiger partial charge is 0.285 e. The third-order valence-electron chi connectivity index (χ3n) is 2.21. The van der Waals surface area contributed by atoms with Gasteiger partial charge in [-0.05, 0) is 19.9 Å². The van der Waals surface area contributed by atoms with Crippen LogP contribution in [0.25, 0.3) is 0 Å². The summed E-state index contributed by atoms with van der Waals surface area (Å²) in [5.74, 6) is -0.616. The number of nitro groups is 1. The Balaban J connectivity index is 3.15. The van der Waals surface area contributed by atoms with Gasteiger partial charge in [0.15, 0.2) is 0 Å². The normalized spacial score (nSPS) is 11.4. The first-order valence-corrected chi connectivity index (χ1v) is 4.92. The fraction of sp³-hybridized carbons (Fsp3) is 0.273. The van der Waals surface area contributed by atoms with Crippen LogP contribution in [0.3, 0.4) is 0 Å². The predicted octanol–water partition coefficient (Wildman–Crippen LogP) is 1.55.